The topological polar surface area (TPSA) is 36.0 Å². The summed E-state index contributed by atoms with van der Waals surface area (Å²) in [6, 6.07) is 18.6. The summed E-state index contributed by atoms with van der Waals surface area (Å²) in [5.41, 5.74) is 3.37. The molecule has 2 nitrogen and oxygen atoms in total. The molecule has 0 radical (unpaired) electrons. The fourth-order valence-corrected chi connectivity index (χ4v) is 3.02. The van der Waals surface area contributed by atoms with E-state index in [1.165, 1.54) is 21.5 Å². The highest BCUT2D eigenvalue weighted by molar-refractivity contribution is 7.98. The molecule has 0 unspecified atom stereocenters. The molecule has 3 heteroatoms. The zero-order valence-electron chi connectivity index (χ0n) is 11.5. The zero-order chi connectivity index (χ0) is 14.5. The smallest absolute Gasteiger partial charge is 0.104 e. The lowest BCUT2D eigenvalue weighted by molar-refractivity contribution is 0.350. The summed E-state index contributed by atoms with van der Waals surface area (Å²) in [5, 5.41) is 11.1. The molecule has 3 rings (SSSR count). The van der Waals surface area contributed by atoms with Crippen molar-refractivity contribution < 1.29 is 5.11 Å². The Morgan fingerprint density at radius 1 is 1.05 bits per heavy atom. The normalized spacial score (nSPS) is 10.3. The molecule has 0 saturated heterocycles. The Labute approximate surface area is 128 Å². The van der Waals surface area contributed by atoms with Crippen LogP contribution in [0.15, 0.2) is 59.6 Å². The lowest BCUT2D eigenvalue weighted by Crippen LogP contribution is -1.82. The van der Waals surface area contributed by atoms with Crippen molar-refractivity contribution in [1.82, 2.24) is 4.98 Å². The van der Waals surface area contributed by atoms with Gasteiger partial charge in [-0.15, -0.1) is 11.8 Å². The van der Waals surface area contributed by atoms with Crippen LogP contribution < -0.4 is 0 Å². The van der Waals surface area contributed by atoms with Gasteiger partial charge in [0.05, 0.1) is 5.03 Å². The average Bonchev–Trinajstić information content (AvgIpc) is 2.95. The quantitative estimate of drug-likeness (QED) is 0.569. The first-order valence-corrected chi connectivity index (χ1v) is 7.73. The van der Waals surface area contributed by atoms with Crippen molar-refractivity contribution in [3.05, 3.63) is 65.7 Å². The number of thioether (sulfide) groups is 1. The molecule has 2 N–H and O–H groups in total. The molecular formula is C18H15NOS. The number of para-hydroxylation sites is 1. The predicted octanol–water partition coefficient (Wildman–Crippen LogP) is 3.80. The second-order valence-corrected chi connectivity index (χ2v) is 5.68. The second-order valence-electron chi connectivity index (χ2n) is 4.67. The van der Waals surface area contributed by atoms with E-state index in [4.69, 9.17) is 5.11 Å². The molecule has 0 spiro atoms. The predicted molar refractivity (Wildman–Crippen MR) is 88.3 cm³/mol. The van der Waals surface area contributed by atoms with E-state index in [9.17, 15) is 0 Å². The molecule has 0 saturated carbocycles. The summed E-state index contributed by atoms with van der Waals surface area (Å²) < 4.78 is 0. The zero-order valence-corrected chi connectivity index (χ0v) is 12.3. The van der Waals surface area contributed by atoms with Crippen LogP contribution in [-0.2, 0) is 5.75 Å². The monoisotopic (exact) mass is 293 g/mol. The highest BCUT2D eigenvalue weighted by atomic mass is 32.2. The van der Waals surface area contributed by atoms with Gasteiger partial charge in [0.25, 0.3) is 0 Å². The van der Waals surface area contributed by atoms with Gasteiger partial charge in [-0.25, -0.2) is 0 Å². The van der Waals surface area contributed by atoms with Gasteiger partial charge in [-0.05, 0) is 29.8 Å². The van der Waals surface area contributed by atoms with E-state index >= 15 is 0 Å². The third-order valence-electron chi connectivity index (χ3n) is 3.17. The van der Waals surface area contributed by atoms with E-state index < -0.39 is 0 Å². The van der Waals surface area contributed by atoms with Crippen molar-refractivity contribution in [3.8, 4) is 11.8 Å². The highest BCUT2D eigenvalue weighted by Gasteiger charge is 2.01. The number of hydrogen-bond donors (Lipinski definition) is 2. The minimum atomic E-state index is -0.0992. The third-order valence-corrected chi connectivity index (χ3v) is 4.17. The minimum Gasteiger partial charge on any atom is -0.384 e. The SMILES string of the molecule is OCC#Cc1ccc(CSc2cc3ccccc3[nH]2)cc1. The first-order chi connectivity index (χ1) is 10.3. The molecule has 0 aliphatic heterocycles. The second kappa shape index (κ2) is 6.53. The summed E-state index contributed by atoms with van der Waals surface area (Å²) in [7, 11) is 0. The molecule has 0 amide bonds. The van der Waals surface area contributed by atoms with Gasteiger partial charge in [0.1, 0.15) is 6.61 Å². The number of aliphatic hydroxyl groups is 1. The van der Waals surface area contributed by atoms with Gasteiger partial charge >= 0.3 is 0 Å². The minimum absolute atomic E-state index is 0.0992. The van der Waals surface area contributed by atoms with E-state index in [0.29, 0.717) is 0 Å². The Morgan fingerprint density at radius 2 is 1.86 bits per heavy atom. The van der Waals surface area contributed by atoms with Gasteiger partial charge in [-0.3, -0.25) is 0 Å². The van der Waals surface area contributed by atoms with E-state index in [1.54, 1.807) is 11.8 Å². The molecule has 0 aliphatic carbocycles. The first kappa shape index (κ1) is 13.8. The summed E-state index contributed by atoms with van der Waals surface area (Å²) in [6.45, 7) is -0.0992. The summed E-state index contributed by atoms with van der Waals surface area (Å²) in [5.74, 6) is 6.47. The van der Waals surface area contributed by atoms with Gasteiger partial charge in [0.2, 0.25) is 0 Å². The molecule has 1 heterocycles. The molecule has 21 heavy (non-hydrogen) atoms. The van der Waals surface area contributed by atoms with E-state index in [2.05, 4.69) is 53.2 Å². The summed E-state index contributed by atoms with van der Waals surface area (Å²) >= 11 is 1.79. The number of aromatic nitrogens is 1. The van der Waals surface area contributed by atoms with Crippen LogP contribution in [0.5, 0.6) is 0 Å². The maximum atomic E-state index is 8.67. The van der Waals surface area contributed by atoms with Gasteiger partial charge in [-0.2, -0.15) is 0 Å². The number of benzene rings is 2. The van der Waals surface area contributed by atoms with Crippen LogP contribution in [0.25, 0.3) is 10.9 Å². The molecule has 0 bridgehead atoms. The Morgan fingerprint density at radius 3 is 2.62 bits per heavy atom. The van der Waals surface area contributed by atoms with Crippen molar-refractivity contribution in [2.75, 3.05) is 6.61 Å². The van der Waals surface area contributed by atoms with Crippen LogP contribution in [0.2, 0.25) is 0 Å². The lowest BCUT2D eigenvalue weighted by atomic mass is 10.1. The third kappa shape index (κ3) is 3.49. The number of aliphatic hydroxyl groups excluding tert-OH is 1. The number of rotatable bonds is 3. The largest absolute Gasteiger partial charge is 0.384 e. The molecule has 3 aromatic rings. The number of aromatic amines is 1. The van der Waals surface area contributed by atoms with Crippen LogP contribution in [0.4, 0.5) is 0 Å². The number of fused-ring (bicyclic) bond motifs is 1. The van der Waals surface area contributed by atoms with Crippen molar-refractivity contribution >= 4 is 22.7 Å². The number of nitrogens with one attached hydrogen (secondary N) is 1. The number of H-pyrrole nitrogens is 1. The molecule has 0 aliphatic rings. The Bertz CT molecular complexity index is 760. The fraction of sp³-hybridized carbons (Fsp3) is 0.111. The van der Waals surface area contributed by atoms with Gasteiger partial charge in [-0.1, -0.05) is 42.2 Å². The van der Waals surface area contributed by atoms with Gasteiger partial charge in [0.15, 0.2) is 0 Å². The van der Waals surface area contributed by atoms with Crippen LogP contribution in [0.1, 0.15) is 11.1 Å². The van der Waals surface area contributed by atoms with E-state index in [1.807, 2.05) is 18.2 Å². The van der Waals surface area contributed by atoms with Crippen molar-refractivity contribution in [1.29, 1.82) is 0 Å². The van der Waals surface area contributed by atoms with Crippen molar-refractivity contribution in [2.24, 2.45) is 0 Å². The van der Waals surface area contributed by atoms with Crippen LogP contribution in [0.3, 0.4) is 0 Å². The maximum absolute atomic E-state index is 8.67. The van der Waals surface area contributed by atoms with Crippen molar-refractivity contribution in [3.63, 3.8) is 0 Å². The summed E-state index contributed by atoms with van der Waals surface area (Å²) in [6.07, 6.45) is 0. The Hall–Kier alpha value is -2.15. The van der Waals surface area contributed by atoms with E-state index in [-0.39, 0.29) is 6.61 Å². The van der Waals surface area contributed by atoms with Gasteiger partial charge < -0.3 is 10.1 Å². The Balaban J connectivity index is 1.66. The summed E-state index contributed by atoms with van der Waals surface area (Å²) in [4.78, 5) is 3.42. The average molecular weight is 293 g/mol. The molecule has 2 aromatic carbocycles. The molecular weight excluding hydrogens is 278 g/mol. The highest BCUT2D eigenvalue weighted by Crippen LogP contribution is 2.26. The standard InChI is InChI=1S/C18H15NOS/c20-11-3-4-14-7-9-15(10-8-14)13-21-18-12-16-5-1-2-6-17(16)19-18/h1-2,5-10,12,19-20H,11,13H2. The first-order valence-electron chi connectivity index (χ1n) is 6.74. The Kier molecular flexibility index (Phi) is 4.30. The maximum Gasteiger partial charge on any atom is 0.104 e. The van der Waals surface area contributed by atoms with Crippen molar-refractivity contribution in [2.45, 2.75) is 10.8 Å². The molecule has 1 aromatic heterocycles. The van der Waals surface area contributed by atoms with Crippen LogP contribution in [0, 0.1) is 11.8 Å². The molecule has 0 fully saturated rings. The van der Waals surface area contributed by atoms with Crippen LogP contribution >= 0.6 is 11.8 Å². The lowest BCUT2D eigenvalue weighted by Gasteiger charge is -2.00. The number of hydrogen-bond acceptors (Lipinski definition) is 2. The van der Waals surface area contributed by atoms with Gasteiger partial charge in [0, 0.05) is 22.2 Å². The van der Waals surface area contributed by atoms with Crippen LogP contribution in [-0.4, -0.2) is 16.7 Å². The molecule has 104 valence electrons. The van der Waals surface area contributed by atoms with E-state index in [0.717, 1.165) is 11.3 Å². The fourth-order valence-electron chi connectivity index (χ4n) is 2.11. The molecule has 0 atom stereocenters.